The first kappa shape index (κ1) is 17.3. The molecule has 0 spiro atoms. The van der Waals surface area contributed by atoms with Crippen molar-refractivity contribution in [2.45, 2.75) is 56.9 Å². The molecule has 0 bridgehead atoms. The van der Waals surface area contributed by atoms with Gasteiger partial charge < -0.3 is 5.73 Å². The Labute approximate surface area is 153 Å². The standard InChI is InChI=1S/C22H25FN2O/c23-18-9-7-15(8-10-18)14-1-5-17(6-2-14)22(26)21-20(16-3-4-16)12-11-19(13-24)25-21/h7-12,14,16-17H,1-6,13,24H2. The SMILES string of the molecule is NCc1ccc(C2CC2)c(C(=O)C2CCC(c3ccc(F)cc3)CC2)n1. The first-order chi connectivity index (χ1) is 12.7. The summed E-state index contributed by atoms with van der Waals surface area (Å²) in [6.07, 6.45) is 6.00. The summed E-state index contributed by atoms with van der Waals surface area (Å²) in [6, 6.07) is 10.8. The average Bonchev–Trinajstić information content (AvgIpc) is 3.53. The summed E-state index contributed by atoms with van der Waals surface area (Å²) in [6.45, 7) is 0.364. The Morgan fingerprint density at radius 2 is 1.62 bits per heavy atom. The Hall–Kier alpha value is -2.07. The van der Waals surface area contributed by atoms with Gasteiger partial charge in [0.2, 0.25) is 0 Å². The molecule has 0 radical (unpaired) electrons. The summed E-state index contributed by atoms with van der Waals surface area (Å²) in [5.74, 6) is 0.968. The van der Waals surface area contributed by atoms with Crippen molar-refractivity contribution in [1.82, 2.24) is 4.98 Å². The van der Waals surface area contributed by atoms with Crippen molar-refractivity contribution < 1.29 is 9.18 Å². The van der Waals surface area contributed by atoms with E-state index in [-0.39, 0.29) is 17.5 Å². The van der Waals surface area contributed by atoms with E-state index in [1.807, 2.05) is 18.2 Å². The zero-order valence-corrected chi connectivity index (χ0v) is 15.0. The summed E-state index contributed by atoms with van der Waals surface area (Å²) >= 11 is 0. The van der Waals surface area contributed by atoms with E-state index in [0.717, 1.165) is 49.8 Å². The third-order valence-corrected chi connectivity index (χ3v) is 5.88. The average molecular weight is 352 g/mol. The van der Waals surface area contributed by atoms with Gasteiger partial charge in [-0.15, -0.1) is 0 Å². The number of pyridine rings is 1. The summed E-state index contributed by atoms with van der Waals surface area (Å²) in [7, 11) is 0. The number of Topliss-reactive ketones (excluding diaryl/α,β-unsaturated/α-hetero) is 1. The van der Waals surface area contributed by atoms with Crippen molar-refractivity contribution in [2.24, 2.45) is 11.7 Å². The summed E-state index contributed by atoms with van der Waals surface area (Å²) in [5.41, 5.74) is 9.49. The maximum atomic E-state index is 13.2. The van der Waals surface area contributed by atoms with Gasteiger partial charge >= 0.3 is 0 Å². The van der Waals surface area contributed by atoms with Crippen LogP contribution in [0, 0.1) is 11.7 Å². The second-order valence-electron chi connectivity index (χ2n) is 7.68. The van der Waals surface area contributed by atoms with Crippen LogP contribution in [0.2, 0.25) is 0 Å². The molecule has 0 saturated heterocycles. The lowest BCUT2D eigenvalue weighted by molar-refractivity contribution is 0.0877. The number of carbonyl (C=O) groups is 1. The van der Waals surface area contributed by atoms with Crippen molar-refractivity contribution in [1.29, 1.82) is 0 Å². The second kappa shape index (κ2) is 7.28. The zero-order valence-electron chi connectivity index (χ0n) is 15.0. The van der Waals surface area contributed by atoms with Crippen LogP contribution in [0.5, 0.6) is 0 Å². The molecule has 2 aliphatic rings. The molecular weight excluding hydrogens is 327 g/mol. The van der Waals surface area contributed by atoms with Gasteiger partial charge in [0.05, 0.1) is 5.69 Å². The van der Waals surface area contributed by atoms with E-state index >= 15 is 0 Å². The van der Waals surface area contributed by atoms with Gasteiger partial charge in [0.25, 0.3) is 0 Å². The van der Waals surface area contributed by atoms with Crippen LogP contribution in [0.1, 0.15) is 77.7 Å². The highest BCUT2D eigenvalue weighted by Gasteiger charge is 2.33. The fraction of sp³-hybridized carbons (Fsp3) is 0.455. The van der Waals surface area contributed by atoms with Gasteiger partial charge in [-0.25, -0.2) is 9.37 Å². The minimum absolute atomic E-state index is 0.0460. The lowest BCUT2D eigenvalue weighted by Crippen LogP contribution is -2.23. The van der Waals surface area contributed by atoms with Crippen molar-refractivity contribution >= 4 is 5.78 Å². The Kier molecular flexibility index (Phi) is 4.86. The quantitative estimate of drug-likeness (QED) is 0.793. The number of hydrogen-bond donors (Lipinski definition) is 1. The van der Waals surface area contributed by atoms with Crippen LogP contribution in [0.25, 0.3) is 0 Å². The van der Waals surface area contributed by atoms with Crippen LogP contribution >= 0.6 is 0 Å². The first-order valence-corrected chi connectivity index (χ1v) is 9.65. The zero-order chi connectivity index (χ0) is 18.1. The number of aromatic nitrogens is 1. The van der Waals surface area contributed by atoms with E-state index in [4.69, 9.17) is 5.73 Å². The molecule has 2 fully saturated rings. The highest BCUT2D eigenvalue weighted by atomic mass is 19.1. The van der Waals surface area contributed by atoms with E-state index in [1.54, 1.807) is 0 Å². The molecule has 2 aromatic rings. The third-order valence-electron chi connectivity index (χ3n) is 5.88. The van der Waals surface area contributed by atoms with Crippen LogP contribution < -0.4 is 5.73 Å². The maximum Gasteiger partial charge on any atom is 0.184 e. The molecule has 3 nitrogen and oxygen atoms in total. The van der Waals surface area contributed by atoms with E-state index in [2.05, 4.69) is 11.1 Å². The van der Waals surface area contributed by atoms with Crippen molar-refractivity contribution in [2.75, 3.05) is 0 Å². The molecule has 2 N–H and O–H groups in total. The number of hydrogen-bond acceptors (Lipinski definition) is 3. The first-order valence-electron chi connectivity index (χ1n) is 9.65. The van der Waals surface area contributed by atoms with Crippen molar-refractivity contribution in [3.63, 3.8) is 0 Å². The molecule has 136 valence electrons. The van der Waals surface area contributed by atoms with Gasteiger partial charge in [-0.3, -0.25) is 4.79 Å². The van der Waals surface area contributed by atoms with Crippen molar-refractivity contribution in [3.8, 4) is 0 Å². The number of nitrogens with zero attached hydrogens (tertiary/aromatic N) is 1. The lowest BCUT2D eigenvalue weighted by atomic mass is 9.76. The largest absolute Gasteiger partial charge is 0.325 e. The fourth-order valence-corrected chi connectivity index (χ4v) is 4.16. The number of nitrogens with two attached hydrogens (primary N) is 1. The predicted molar refractivity (Wildman–Crippen MR) is 99.5 cm³/mol. The van der Waals surface area contributed by atoms with Crippen LogP contribution in [-0.4, -0.2) is 10.8 Å². The fourth-order valence-electron chi connectivity index (χ4n) is 4.16. The minimum Gasteiger partial charge on any atom is -0.325 e. The van der Waals surface area contributed by atoms with E-state index in [1.165, 1.54) is 17.7 Å². The topological polar surface area (TPSA) is 56.0 Å². The minimum atomic E-state index is -0.198. The molecule has 2 saturated carbocycles. The number of ketones is 1. The van der Waals surface area contributed by atoms with Crippen LogP contribution in [-0.2, 0) is 6.54 Å². The maximum absolute atomic E-state index is 13.2. The molecule has 26 heavy (non-hydrogen) atoms. The molecule has 1 aromatic carbocycles. The molecule has 1 heterocycles. The highest BCUT2D eigenvalue weighted by Crippen LogP contribution is 2.43. The van der Waals surface area contributed by atoms with E-state index in [0.29, 0.717) is 24.1 Å². The van der Waals surface area contributed by atoms with Crippen LogP contribution in [0.15, 0.2) is 36.4 Å². The second-order valence-corrected chi connectivity index (χ2v) is 7.68. The third kappa shape index (κ3) is 3.56. The Morgan fingerprint density at radius 1 is 0.962 bits per heavy atom. The number of benzene rings is 1. The lowest BCUT2D eigenvalue weighted by Gasteiger charge is -2.28. The Morgan fingerprint density at radius 3 is 2.23 bits per heavy atom. The predicted octanol–water partition coefficient (Wildman–Crippen LogP) is 4.71. The molecule has 0 unspecified atom stereocenters. The Bertz CT molecular complexity index is 790. The molecule has 1 aromatic heterocycles. The van der Waals surface area contributed by atoms with Crippen LogP contribution in [0.3, 0.4) is 0 Å². The molecule has 0 amide bonds. The number of rotatable bonds is 5. The van der Waals surface area contributed by atoms with E-state index < -0.39 is 0 Å². The van der Waals surface area contributed by atoms with Gasteiger partial charge in [-0.05, 0) is 79.7 Å². The van der Waals surface area contributed by atoms with Gasteiger partial charge in [0.1, 0.15) is 11.5 Å². The molecule has 4 rings (SSSR count). The summed E-state index contributed by atoms with van der Waals surface area (Å²) < 4.78 is 13.1. The molecule has 0 atom stereocenters. The molecule has 2 aliphatic carbocycles. The van der Waals surface area contributed by atoms with Gasteiger partial charge in [0, 0.05) is 12.5 Å². The van der Waals surface area contributed by atoms with Gasteiger partial charge in [0.15, 0.2) is 5.78 Å². The molecule has 0 aliphatic heterocycles. The highest BCUT2D eigenvalue weighted by molar-refractivity contribution is 5.97. The molecular formula is C22H25FN2O. The van der Waals surface area contributed by atoms with Crippen molar-refractivity contribution in [3.05, 3.63) is 64.7 Å². The van der Waals surface area contributed by atoms with E-state index in [9.17, 15) is 9.18 Å². The number of halogens is 1. The summed E-state index contributed by atoms with van der Waals surface area (Å²) in [5, 5.41) is 0. The van der Waals surface area contributed by atoms with Gasteiger partial charge in [-0.2, -0.15) is 0 Å². The molecule has 4 heteroatoms. The Balaban J connectivity index is 1.47. The summed E-state index contributed by atoms with van der Waals surface area (Å²) in [4.78, 5) is 17.8. The monoisotopic (exact) mass is 352 g/mol. The number of carbonyl (C=O) groups excluding carboxylic acids is 1. The van der Waals surface area contributed by atoms with Gasteiger partial charge in [-0.1, -0.05) is 18.2 Å². The van der Waals surface area contributed by atoms with Crippen LogP contribution in [0.4, 0.5) is 4.39 Å². The smallest absolute Gasteiger partial charge is 0.184 e. The normalized spacial score (nSPS) is 23.0.